The highest BCUT2D eigenvalue weighted by molar-refractivity contribution is 5.31. The van der Waals surface area contributed by atoms with Crippen LogP contribution in [0, 0.1) is 0 Å². The number of fused-ring (bicyclic) bond motifs is 1. The minimum atomic E-state index is 0.542. The van der Waals surface area contributed by atoms with Gasteiger partial charge in [-0.1, -0.05) is 24.3 Å². The molecular formula is C14H18N2. The van der Waals surface area contributed by atoms with Gasteiger partial charge in [0.15, 0.2) is 0 Å². The van der Waals surface area contributed by atoms with E-state index < -0.39 is 0 Å². The van der Waals surface area contributed by atoms with E-state index in [2.05, 4.69) is 41.5 Å². The Kier molecular flexibility index (Phi) is 3.78. The van der Waals surface area contributed by atoms with E-state index in [9.17, 15) is 0 Å². The summed E-state index contributed by atoms with van der Waals surface area (Å²) in [5.41, 5.74) is 2.98. The van der Waals surface area contributed by atoms with Gasteiger partial charge in [-0.2, -0.15) is 0 Å². The van der Waals surface area contributed by atoms with Crippen molar-refractivity contribution in [2.75, 3.05) is 6.54 Å². The Morgan fingerprint density at radius 1 is 1.06 bits per heavy atom. The first kappa shape index (κ1) is 11.0. The molecule has 1 unspecified atom stereocenters. The predicted octanol–water partition coefficient (Wildman–Crippen LogP) is 2.91. The number of aromatic amines is 1. The van der Waals surface area contributed by atoms with Gasteiger partial charge in [-0.05, 0) is 43.1 Å². The summed E-state index contributed by atoms with van der Waals surface area (Å²) in [6.45, 7) is 3.34. The lowest BCUT2D eigenvalue weighted by Crippen LogP contribution is -2.27. The van der Waals surface area contributed by atoms with Crippen LogP contribution in [-0.2, 0) is 6.42 Å². The first-order valence-corrected chi connectivity index (χ1v) is 5.77. The predicted molar refractivity (Wildman–Crippen MR) is 67.4 cm³/mol. The first-order chi connectivity index (χ1) is 7.88. The molecule has 2 heterocycles. The molecule has 0 saturated heterocycles. The fourth-order valence-electron chi connectivity index (χ4n) is 2.00. The van der Waals surface area contributed by atoms with Gasteiger partial charge < -0.3 is 10.3 Å². The summed E-state index contributed by atoms with van der Waals surface area (Å²) in [6, 6.07) is 13.1. The van der Waals surface area contributed by atoms with Crippen LogP contribution in [0.25, 0.3) is 0 Å². The molecule has 2 N–H and O–H groups in total. The molecule has 0 aliphatic carbocycles. The highest BCUT2D eigenvalue weighted by Crippen LogP contribution is 2.21. The zero-order chi connectivity index (χ0) is 11.2. The average molecular weight is 214 g/mol. The molecule has 0 amide bonds. The Balaban J connectivity index is 0.000000162. The fraction of sp³-hybridized carbons (Fsp3) is 0.286. The largest absolute Gasteiger partial charge is 0.368 e. The molecule has 84 valence electrons. The average Bonchev–Trinajstić information content (AvgIpc) is 2.88. The van der Waals surface area contributed by atoms with E-state index in [1.807, 2.05) is 24.5 Å². The van der Waals surface area contributed by atoms with Crippen molar-refractivity contribution in [3.63, 3.8) is 0 Å². The molecule has 2 nitrogen and oxygen atoms in total. The molecule has 0 radical (unpaired) electrons. The number of hydrogen-bond acceptors (Lipinski definition) is 1. The minimum absolute atomic E-state index is 0.542. The number of hydrogen-bond donors (Lipinski definition) is 2. The van der Waals surface area contributed by atoms with E-state index in [-0.39, 0.29) is 0 Å². The van der Waals surface area contributed by atoms with Crippen molar-refractivity contribution in [3.8, 4) is 0 Å². The Bertz CT molecular complexity index is 389. The molecule has 2 aromatic rings. The summed E-state index contributed by atoms with van der Waals surface area (Å²) in [4.78, 5) is 2.86. The second-order valence-corrected chi connectivity index (χ2v) is 4.01. The Labute approximate surface area is 96.7 Å². The van der Waals surface area contributed by atoms with Gasteiger partial charge >= 0.3 is 0 Å². The fourth-order valence-corrected chi connectivity index (χ4v) is 2.00. The zero-order valence-electron chi connectivity index (χ0n) is 9.61. The van der Waals surface area contributed by atoms with Gasteiger partial charge in [0.25, 0.3) is 0 Å². The monoisotopic (exact) mass is 214 g/mol. The van der Waals surface area contributed by atoms with Crippen LogP contribution in [0.1, 0.15) is 24.1 Å². The molecule has 0 saturated carbocycles. The second kappa shape index (κ2) is 5.52. The maximum Gasteiger partial charge on any atom is 0.0294 e. The van der Waals surface area contributed by atoms with Gasteiger partial charge in [0.1, 0.15) is 0 Å². The molecule has 1 atom stereocenters. The van der Waals surface area contributed by atoms with Gasteiger partial charge in [0.05, 0.1) is 0 Å². The normalized spacial score (nSPS) is 18.2. The highest BCUT2D eigenvalue weighted by atomic mass is 14.9. The summed E-state index contributed by atoms with van der Waals surface area (Å²) in [7, 11) is 0. The van der Waals surface area contributed by atoms with E-state index in [1.165, 1.54) is 17.5 Å². The Hall–Kier alpha value is -1.54. The summed E-state index contributed by atoms with van der Waals surface area (Å²) in [5, 5.41) is 3.44. The second-order valence-electron chi connectivity index (χ2n) is 4.01. The molecule has 1 aliphatic heterocycles. The van der Waals surface area contributed by atoms with Gasteiger partial charge in [0, 0.05) is 18.4 Å². The van der Waals surface area contributed by atoms with Crippen molar-refractivity contribution in [3.05, 3.63) is 59.9 Å². The number of H-pyrrole nitrogens is 1. The SMILES string of the molecule is CC1NCCc2ccccc21.c1cc[nH]c1. The van der Waals surface area contributed by atoms with Crippen molar-refractivity contribution >= 4 is 0 Å². The minimum Gasteiger partial charge on any atom is -0.368 e. The first-order valence-electron chi connectivity index (χ1n) is 5.77. The molecule has 0 spiro atoms. The number of rotatable bonds is 0. The van der Waals surface area contributed by atoms with E-state index in [0.29, 0.717) is 6.04 Å². The summed E-state index contributed by atoms with van der Waals surface area (Å²) >= 11 is 0. The number of nitrogens with one attached hydrogen (secondary N) is 2. The van der Waals surface area contributed by atoms with E-state index in [0.717, 1.165) is 6.54 Å². The molecule has 16 heavy (non-hydrogen) atoms. The molecule has 1 aromatic carbocycles. The Morgan fingerprint density at radius 2 is 1.81 bits per heavy atom. The smallest absolute Gasteiger partial charge is 0.0294 e. The van der Waals surface area contributed by atoms with Crippen LogP contribution < -0.4 is 5.32 Å². The van der Waals surface area contributed by atoms with Gasteiger partial charge in [-0.15, -0.1) is 0 Å². The quantitative estimate of drug-likeness (QED) is 0.693. The third-order valence-corrected chi connectivity index (χ3v) is 2.86. The molecule has 2 heteroatoms. The maximum absolute atomic E-state index is 3.44. The van der Waals surface area contributed by atoms with E-state index in [1.54, 1.807) is 0 Å². The molecule has 0 fully saturated rings. The standard InChI is InChI=1S/C10H13N.C4H5N/c1-8-10-5-3-2-4-9(10)6-7-11-8;1-2-4-5-3-1/h2-5,8,11H,6-7H2,1H3;1-5H. The summed E-state index contributed by atoms with van der Waals surface area (Å²) < 4.78 is 0. The third-order valence-electron chi connectivity index (χ3n) is 2.86. The van der Waals surface area contributed by atoms with Gasteiger partial charge in [-0.25, -0.2) is 0 Å². The molecule has 1 aromatic heterocycles. The molecule has 3 rings (SSSR count). The van der Waals surface area contributed by atoms with Crippen LogP contribution in [0.2, 0.25) is 0 Å². The lowest BCUT2D eigenvalue weighted by molar-refractivity contribution is 0.541. The number of aromatic nitrogens is 1. The van der Waals surface area contributed by atoms with E-state index in [4.69, 9.17) is 0 Å². The number of benzene rings is 1. The Morgan fingerprint density at radius 3 is 2.44 bits per heavy atom. The molecule has 1 aliphatic rings. The lowest BCUT2D eigenvalue weighted by atomic mass is 9.96. The zero-order valence-corrected chi connectivity index (χ0v) is 9.61. The van der Waals surface area contributed by atoms with Crippen molar-refractivity contribution in [1.29, 1.82) is 0 Å². The van der Waals surface area contributed by atoms with Gasteiger partial charge in [-0.3, -0.25) is 0 Å². The molecule has 0 bridgehead atoms. The van der Waals surface area contributed by atoms with Crippen LogP contribution in [-0.4, -0.2) is 11.5 Å². The van der Waals surface area contributed by atoms with Crippen LogP contribution in [0.5, 0.6) is 0 Å². The summed E-state index contributed by atoms with van der Waals surface area (Å²) in [5.74, 6) is 0. The summed E-state index contributed by atoms with van der Waals surface area (Å²) in [6.07, 6.45) is 4.93. The van der Waals surface area contributed by atoms with Crippen LogP contribution in [0.15, 0.2) is 48.8 Å². The van der Waals surface area contributed by atoms with Crippen molar-refractivity contribution in [2.24, 2.45) is 0 Å². The van der Waals surface area contributed by atoms with Crippen molar-refractivity contribution in [1.82, 2.24) is 10.3 Å². The highest BCUT2D eigenvalue weighted by Gasteiger charge is 2.13. The van der Waals surface area contributed by atoms with E-state index >= 15 is 0 Å². The van der Waals surface area contributed by atoms with Crippen molar-refractivity contribution < 1.29 is 0 Å². The van der Waals surface area contributed by atoms with Crippen molar-refractivity contribution in [2.45, 2.75) is 19.4 Å². The maximum atomic E-state index is 3.44. The van der Waals surface area contributed by atoms with Crippen LogP contribution in [0.4, 0.5) is 0 Å². The molecular weight excluding hydrogens is 196 g/mol. The van der Waals surface area contributed by atoms with Crippen LogP contribution >= 0.6 is 0 Å². The van der Waals surface area contributed by atoms with Gasteiger partial charge in [0.2, 0.25) is 0 Å². The third kappa shape index (κ3) is 2.74. The lowest BCUT2D eigenvalue weighted by Gasteiger charge is -2.23. The van der Waals surface area contributed by atoms with Crippen LogP contribution in [0.3, 0.4) is 0 Å². The topological polar surface area (TPSA) is 27.8 Å².